The second-order valence-electron chi connectivity index (χ2n) is 5.01. The Morgan fingerprint density at radius 2 is 2.10 bits per heavy atom. The Hall–Kier alpha value is -1.76. The van der Waals surface area contributed by atoms with E-state index in [1.807, 2.05) is 25.1 Å². The highest BCUT2D eigenvalue weighted by molar-refractivity contribution is 5.93. The minimum Gasteiger partial charge on any atom is -0.461 e. The van der Waals surface area contributed by atoms with Crippen LogP contribution in [0.3, 0.4) is 0 Å². The van der Waals surface area contributed by atoms with Crippen molar-refractivity contribution in [2.24, 2.45) is 5.92 Å². The van der Waals surface area contributed by atoms with Crippen molar-refractivity contribution in [3.05, 3.63) is 23.9 Å². The lowest BCUT2D eigenvalue weighted by molar-refractivity contribution is -0.140. The number of hydrogen-bond acceptors (Lipinski definition) is 4. The Morgan fingerprint density at radius 1 is 1.40 bits per heavy atom. The molecule has 4 heteroatoms. The molecule has 112 valence electrons. The van der Waals surface area contributed by atoms with Crippen LogP contribution in [0.15, 0.2) is 23.9 Å². The quantitative estimate of drug-likeness (QED) is 0.281. The first kappa shape index (κ1) is 18.2. The number of carbonyl (C=O) groups excluding carboxylic acids is 1. The maximum absolute atomic E-state index is 11.8. The third-order valence-corrected chi connectivity index (χ3v) is 2.98. The SMILES string of the molecule is CCCCC(CC)COC(=O)/C(C#N)=C\C=C\N(C)C. The highest BCUT2D eigenvalue weighted by Crippen LogP contribution is 2.13. The Morgan fingerprint density at radius 3 is 2.60 bits per heavy atom. The first-order valence-electron chi connectivity index (χ1n) is 7.17. The van der Waals surface area contributed by atoms with Gasteiger partial charge in [0.05, 0.1) is 6.61 Å². The fourth-order valence-electron chi connectivity index (χ4n) is 1.63. The van der Waals surface area contributed by atoms with Gasteiger partial charge < -0.3 is 9.64 Å². The molecule has 0 N–H and O–H groups in total. The monoisotopic (exact) mass is 278 g/mol. The van der Waals surface area contributed by atoms with Crippen LogP contribution in [0, 0.1) is 17.2 Å². The summed E-state index contributed by atoms with van der Waals surface area (Å²) >= 11 is 0. The average molecular weight is 278 g/mol. The van der Waals surface area contributed by atoms with E-state index in [4.69, 9.17) is 10.00 Å². The van der Waals surface area contributed by atoms with Crippen molar-refractivity contribution in [3.8, 4) is 6.07 Å². The van der Waals surface area contributed by atoms with Crippen LogP contribution in [0.4, 0.5) is 0 Å². The lowest BCUT2D eigenvalue weighted by atomic mass is 10.0. The van der Waals surface area contributed by atoms with Crippen molar-refractivity contribution in [1.82, 2.24) is 4.90 Å². The molecule has 1 unspecified atom stereocenters. The molecule has 1 atom stereocenters. The van der Waals surface area contributed by atoms with Crippen LogP contribution in [-0.2, 0) is 9.53 Å². The smallest absolute Gasteiger partial charge is 0.348 e. The van der Waals surface area contributed by atoms with Crippen LogP contribution in [-0.4, -0.2) is 31.6 Å². The minimum atomic E-state index is -0.536. The fraction of sp³-hybridized carbons (Fsp3) is 0.625. The second-order valence-corrected chi connectivity index (χ2v) is 5.01. The summed E-state index contributed by atoms with van der Waals surface area (Å²) < 4.78 is 5.23. The van der Waals surface area contributed by atoms with Gasteiger partial charge in [-0.1, -0.05) is 33.1 Å². The third-order valence-electron chi connectivity index (χ3n) is 2.98. The van der Waals surface area contributed by atoms with Crippen LogP contribution in [0.2, 0.25) is 0 Å². The van der Waals surface area contributed by atoms with Gasteiger partial charge in [0, 0.05) is 14.1 Å². The maximum atomic E-state index is 11.8. The summed E-state index contributed by atoms with van der Waals surface area (Å²) in [6.45, 7) is 4.63. The molecular weight excluding hydrogens is 252 g/mol. The van der Waals surface area contributed by atoms with Gasteiger partial charge in [0.1, 0.15) is 11.6 Å². The molecule has 20 heavy (non-hydrogen) atoms. The molecule has 0 amide bonds. The summed E-state index contributed by atoms with van der Waals surface area (Å²) in [5.74, 6) is -0.151. The zero-order valence-electron chi connectivity index (χ0n) is 13.1. The summed E-state index contributed by atoms with van der Waals surface area (Å²) in [6, 6.07) is 1.88. The standard InChI is InChI=1S/C16H26N2O2/c1-5-7-9-14(6-2)13-20-16(19)15(12-17)10-8-11-18(3)4/h8,10-11,14H,5-7,9,13H2,1-4H3/b11-8+,15-10-. The van der Waals surface area contributed by atoms with Crippen LogP contribution in [0.1, 0.15) is 39.5 Å². The molecule has 0 fully saturated rings. The molecule has 0 saturated heterocycles. The number of esters is 1. The fourth-order valence-corrected chi connectivity index (χ4v) is 1.63. The molecule has 0 aliphatic carbocycles. The van der Waals surface area contributed by atoms with E-state index in [-0.39, 0.29) is 5.57 Å². The van der Waals surface area contributed by atoms with Crippen molar-refractivity contribution in [2.75, 3.05) is 20.7 Å². The number of ether oxygens (including phenoxy) is 1. The largest absolute Gasteiger partial charge is 0.461 e. The van der Waals surface area contributed by atoms with Crippen molar-refractivity contribution < 1.29 is 9.53 Å². The van der Waals surface area contributed by atoms with Crippen molar-refractivity contribution in [3.63, 3.8) is 0 Å². The lowest BCUT2D eigenvalue weighted by Gasteiger charge is -2.14. The van der Waals surface area contributed by atoms with Gasteiger partial charge in [-0.05, 0) is 30.7 Å². The Balaban J connectivity index is 4.38. The van der Waals surface area contributed by atoms with Gasteiger partial charge in [0.25, 0.3) is 0 Å². The highest BCUT2D eigenvalue weighted by atomic mass is 16.5. The van der Waals surface area contributed by atoms with Crippen LogP contribution < -0.4 is 0 Å². The molecular formula is C16H26N2O2. The molecule has 0 radical (unpaired) electrons. The van der Waals surface area contributed by atoms with Crippen molar-refractivity contribution >= 4 is 5.97 Å². The van der Waals surface area contributed by atoms with E-state index in [0.717, 1.165) is 25.7 Å². The Kier molecular flexibility index (Phi) is 10.1. The van der Waals surface area contributed by atoms with E-state index in [2.05, 4.69) is 13.8 Å². The van der Waals surface area contributed by atoms with E-state index in [9.17, 15) is 4.79 Å². The first-order chi connectivity index (χ1) is 9.54. The van der Waals surface area contributed by atoms with E-state index in [1.54, 1.807) is 12.3 Å². The predicted molar refractivity (Wildman–Crippen MR) is 80.8 cm³/mol. The number of nitriles is 1. The molecule has 0 heterocycles. The van der Waals surface area contributed by atoms with Gasteiger partial charge in [-0.15, -0.1) is 0 Å². The van der Waals surface area contributed by atoms with Gasteiger partial charge in [-0.25, -0.2) is 4.79 Å². The van der Waals surface area contributed by atoms with E-state index in [1.165, 1.54) is 6.08 Å². The first-order valence-corrected chi connectivity index (χ1v) is 7.17. The van der Waals surface area contributed by atoms with Crippen LogP contribution >= 0.6 is 0 Å². The summed E-state index contributed by atoms with van der Waals surface area (Å²) in [7, 11) is 3.74. The number of allylic oxidation sites excluding steroid dienone is 2. The molecule has 0 aromatic rings. The van der Waals surface area contributed by atoms with E-state index in [0.29, 0.717) is 12.5 Å². The number of hydrogen-bond donors (Lipinski definition) is 0. The number of rotatable bonds is 9. The molecule has 4 nitrogen and oxygen atoms in total. The molecule has 0 rings (SSSR count). The topological polar surface area (TPSA) is 53.3 Å². The van der Waals surface area contributed by atoms with Crippen molar-refractivity contribution in [1.29, 1.82) is 5.26 Å². The second kappa shape index (κ2) is 11.1. The predicted octanol–water partition coefficient (Wildman–Crippen LogP) is 3.27. The number of nitrogens with zero attached hydrogens (tertiary/aromatic N) is 2. The zero-order chi connectivity index (χ0) is 15.4. The highest BCUT2D eigenvalue weighted by Gasteiger charge is 2.13. The molecule has 0 aliphatic rings. The van der Waals surface area contributed by atoms with Crippen LogP contribution in [0.25, 0.3) is 0 Å². The van der Waals surface area contributed by atoms with E-state index < -0.39 is 5.97 Å². The molecule has 0 spiro atoms. The number of unbranched alkanes of at least 4 members (excludes halogenated alkanes) is 1. The van der Waals surface area contributed by atoms with Gasteiger partial charge >= 0.3 is 5.97 Å². The summed E-state index contributed by atoms with van der Waals surface area (Å²) in [5, 5.41) is 8.96. The molecule has 0 bridgehead atoms. The third kappa shape index (κ3) is 8.36. The molecule has 0 aromatic carbocycles. The number of carbonyl (C=O) groups is 1. The summed E-state index contributed by atoms with van der Waals surface area (Å²) in [4.78, 5) is 13.6. The lowest BCUT2D eigenvalue weighted by Crippen LogP contribution is -2.15. The Bertz CT molecular complexity index is 378. The van der Waals surface area contributed by atoms with Crippen LogP contribution in [0.5, 0.6) is 0 Å². The van der Waals surface area contributed by atoms with E-state index >= 15 is 0 Å². The Labute approximate surface area is 122 Å². The summed E-state index contributed by atoms with van der Waals surface area (Å²) in [5.41, 5.74) is 0.0356. The zero-order valence-corrected chi connectivity index (χ0v) is 13.1. The molecule has 0 aromatic heterocycles. The average Bonchev–Trinajstić information content (AvgIpc) is 2.43. The van der Waals surface area contributed by atoms with Gasteiger partial charge in [0.2, 0.25) is 0 Å². The summed E-state index contributed by atoms with van der Waals surface area (Å²) in [6.07, 6.45) is 9.24. The van der Waals surface area contributed by atoms with Gasteiger partial charge in [-0.3, -0.25) is 0 Å². The normalized spacial score (nSPS) is 13.1. The molecule has 0 saturated carbocycles. The van der Waals surface area contributed by atoms with Gasteiger partial charge in [0.15, 0.2) is 0 Å². The maximum Gasteiger partial charge on any atom is 0.348 e. The molecule has 0 aliphatic heterocycles. The van der Waals surface area contributed by atoms with Crippen molar-refractivity contribution in [2.45, 2.75) is 39.5 Å². The minimum absolute atomic E-state index is 0.0356. The van der Waals surface area contributed by atoms with Gasteiger partial charge in [-0.2, -0.15) is 5.26 Å².